The minimum Gasteiger partial charge on any atom is -0.256 e. The Labute approximate surface area is 629 Å². The predicted octanol–water partition coefficient (Wildman–Crippen LogP) is 26.4. The molecule has 0 bridgehead atoms. The van der Waals surface area contributed by atoms with Gasteiger partial charge in [-0.1, -0.05) is 279 Å². The molecule has 6 aromatic heterocycles. The Kier molecular flexibility index (Phi) is 18.0. The third-order valence-corrected chi connectivity index (χ3v) is 20.3. The molecule has 0 fully saturated rings. The highest BCUT2D eigenvalue weighted by atomic mass is 14.8. The topological polar surface area (TPSA) is 77.3 Å². The fourth-order valence-corrected chi connectivity index (χ4v) is 14.9. The Balaban J connectivity index is 0.690. The average molecular weight is 1380 g/mol. The highest BCUT2D eigenvalue weighted by molar-refractivity contribution is 5.97. The first-order valence-corrected chi connectivity index (χ1v) is 36.4. The summed E-state index contributed by atoms with van der Waals surface area (Å²) in [6.07, 6.45) is 11.4. The number of hydrogen-bond donors (Lipinski definition) is 0. The van der Waals surface area contributed by atoms with Crippen LogP contribution in [0.3, 0.4) is 0 Å². The Morgan fingerprint density at radius 1 is 0.111 bits per heavy atom. The van der Waals surface area contributed by atoms with E-state index in [0.717, 1.165) is 190 Å². The van der Waals surface area contributed by atoms with Crippen LogP contribution in [0, 0.1) is 0 Å². The maximum absolute atomic E-state index is 5.19. The first kappa shape index (κ1) is 65.6. The Morgan fingerprint density at radius 3 is 0.454 bits per heavy atom. The van der Waals surface area contributed by atoms with Gasteiger partial charge in [0.2, 0.25) is 0 Å². The summed E-state index contributed by atoms with van der Waals surface area (Å²) >= 11 is 0. The van der Waals surface area contributed by atoms with Crippen LogP contribution in [-0.2, 0) is 0 Å². The monoisotopic (exact) mass is 1380 g/mol. The lowest BCUT2D eigenvalue weighted by Gasteiger charge is -2.18. The van der Waals surface area contributed by atoms with E-state index in [2.05, 4.69) is 348 Å². The van der Waals surface area contributed by atoms with Gasteiger partial charge >= 0.3 is 0 Å². The number of benzene rings is 12. The van der Waals surface area contributed by atoms with E-state index in [1.54, 1.807) is 0 Å². The van der Waals surface area contributed by atoms with Crippen molar-refractivity contribution < 1.29 is 0 Å². The molecule has 12 aromatic carbocycles. The van der Waals surface area contributed by atoms with Crippen molar-refractivity contribution >= 4 is 0 Å². The van der Waals surface area contributed by atoms with Crippen molar-refractivity contribution in [3.05, 3.63) is 413 Å². The molecule has 0 atom stereocenters. The van der Waals surface area contributed by atoms with Crippen molar-refractivity contribution in [2.24, 2.45) is 0 Å². The molecule has 0 radical (unpaired) electrons. The van der Waals surface area contributed by atoms with Crippen LogP contribution in [0.2, 0.25) is 0 Å². The second kappa shape index (κ2) is 29.7. The SMILES string of the molecule is c1ccc(-c2ccc(-c3ccccc3-c3cc(-c4ccccc4-c4ccc(-c5ccccn5)cc4)cc(-c4ccccc4-c4ccc(-c5ccc(-c6ccccc6-c6cc(-c7ccccc7-c7ccc(-c8ccccn8)cc7)cc(-c7ccccc7-c7ccc(-c8ccccn8)cc7)c6)cn5)nc4)c3)cc2)nc1. The van der Waals surface area contributed by atoms with Gasteiger partial charge in [-0.15, -0.1) is 0 Å². The Morgan fingerprint density at radius 2 is 0.278 bits per heavy atom. The molecule has 0 saturated heterocycles. The van der Waals surface area contributed by atoms with Crippen LogP contribution in [0.25, 0.3) is 190 Å². The van der Waals surface area contributed by atoms with E-state index in [4.69, 9.17) is 9.97 Å². The molecule has 6 heterocycles. The minimum absolute atomic E-state index is 0.780. The second-order valence-corrected chi connectivity index (χ2v) is 26.9. The van der Waals surface area contributed by atoms with E-state index in [-0.39, 0.29) is 0 Å². The van der Waals surface area contributed by atoms with E-state index in [1.807, 2.05) is 85.7 Å². The molecule has 18 rings (SSSR count). The lowest BCUT2D eigenvalue weighted by Crippen LogP contribution is -1.93. The smallest absolute Gasteiger partial charge is 0.0886 e. The van der Waals surface area contributed by atoms with Gasteiger partial charge in [0.15, 0.2) is 0 Å². The molecule has 0 saturated carbocycles. The number of hydrogen-bond acceptors (Lipinski definition) is 6. The first-order valence-electron chi connectivity index (χ1n) is 36.4. The van der Waals surface area contributed by atoms with Crippen molar-refractivity contribution in [1.82, 2.24) is 29.9 Å². The van der Waals surface area contributed by atoms with E-state index < -0.39 is 0 Å². The summed E-state index contributed by atoms with van der Waals surface area (Å²) in [6.45, 7) is 0. The van der Waals surface area contributed by atoms with Crippen LogP contribution in [0.5, 0.6) is 0 Å². The van der Waals surface area contributed by atoms with Gasteiger partial charge in [0.1, 0.15) is 0 Å². The van der Waals surface area contributed by atoms with Crippen molar-refractivity contribution in [3.63, 3.8) is 0 Å². The molecule has 0 unspecified atom stereocenters. The summed E-state index contributed by atoms with van der Waals surface area (Å²) in [5.41, 5.74) is 36.1. The van der Waals surface area contributed by atoms with E-state index in [1.165, 1.54) is 0 Å². The molecule has 6 nitrogen and oxygen atoms in total. The maximum atomic E-state index is 5.19. The zero-order chi connectivity index (χ0) is 72.0. The molecule has 0 amide bonds. The molecule has 0 spiro atoms. The van der Waals surface area contributed by atoms with Crippen LogP contribution in [-0.4, -0.2) is 29.9 Å². The molecule has 506 valence electrons. The second-order valence-electron chi connectivity index (χ2n) is 26.9. The third-order valence-electron chi connectivity index (χ3n) is 20.3. The fourth-order valence-electron chi connectivity index (χ4n) is 14.9. The van der Waals surface area contributed by atoms with Gasteiger partial charge in [-0.2, -0.15) is 0 Å². The lowest BCUT2D eigenvalue weighted by atomic mass is 9.86. The van der Waals surface area contributed by atoms with Crippen LogP contribution >= 0.6 is 0 Å². The Bertz CT molecular complexity index is 5530. The van der Waals surface area contributed by atoms with Crippen LogP contribution in [0.15, 0.2) is 413 Å². The minimum atomic E-state index is 0.780. The van der Waals surface area contributed by atoms with Gasteiger partial charge in [-0.25, -0.2) is 0 Å². The molecular formula is C102H68N6. The number of nitrogens with zero attached hydrogens (tertiary/aromatic N) is 6. The molecule has 0 N–H and O–H groups in total. The Hall–Kier alpha value is -14.5. The van der Waals surface area contributed by atoms with Gasteiger partial charge in [0, 0.05) is 70.6 Å². The van der Waals surface area contributed by atoms with E-state index in [0.29, 0.717) is 0 Å². The van der Waals surface area contributed by atoms with Crippen molar-refractivity contribution in [2.45, 2.75) is 0 Å². The van der Waals surface area contributed by atoms with Gasteiger partial charge < -0.3 is 0 Å². The van der Waals surface area contributed by atoms with Crippen LogP contribution in [0.4, 0.5) is 0 Å². The zero-order valence-corrected chi connectivity index (χ0v) is 58.9. The van der Waals surface area contributed by atoms with Crippen LogP contribution < -0.4 is 0 Å². The summed E-state index contributed by atoms with van der Waals surface area (Å²) in [6, 6.07) is 134. The number of rotatable bonds is 17. The van der Waals surface area contributed by atoms with Gasteiger partial charge in [-0.3, -0.25) is 29.9 Å². The molecule has 108 heavy (non-hydrogen) atoms. The molecular weight excluding hydrogens is 1310 g/mol. The summed E-state index contributed by atoms with van der Waals surface area (Å²) in [5, 5.41) is 0. The summed E-state index contributed by atoms with van der Waals surface area (Å²) in [4.78, 5) is 29.0. The van der Waals surface area contributed by atoms with E-state index in [9.17, 15) is 0 Å². The summed E-state index contributed by atoms with van der Waals surface area (Å²) < 4.78 is 0. The molecule has 0 aliphatic carbocycles. The number of aromatic nitrogens is 6. The standard InChI is InChI=1S/C102H68N6/c1-7-27-91(85(21-1)69-37-45-73(46-38-69)97-33-13-17-57-103-97)79-61-80(92-28-8-2-22-86(92)70-39-47-74(48-40-70)98-34-14-18-58-104-98)64-83(63-79)95-31-11-5-25-89(95)77-53-55-101(107-67-77)102-56-54-78(68-108-102)90-26-6-12-32-96(90)84-65-81(93-29-9-3-23-87(93)71-41-49-75(50-42-71)99-35-15-19-59-105-99)62-82(66-84)94-30-10-4-24-88(94)72-43-51-76(52-44-72)100-36-16-20-60-106-100/h1-68H. The van der Waals surface area contributed by atoms with Crippen molar-refractivity contribution in [2.75, 3.05) is 0 Å². The fraction of sp³-hybridized carbons (Fsp3) is 0. The molecule has 6 heteroatoms. The zero-order valence-electron chi connectivity index (χ0n) is 58.9. The van der Waals surface area contributed by atoms with Gasteiger partial charge in [0.05, 0.1) is 34.2 Å². The normalized spacial score (nSPS) is 11.1. The predicted molar refractivity (Wildman–Crippen MR) is 446 cm³/mol. The summed E-state index contributed by atoms with van der Waals surface area (Å²) in [5.74, 6) is 0. The van der Waals surface area contributed by atoms with Crippen molar-refractivity contribution in [1.29, 1.82) is 0 Å². The largest absolute Gasteiger partial charge is 0.256 e. The average Bonchev–Trinajstić information content (AvgIpc) is 0.772. The molecule has 18 aromatic rings. The number of pyridine rings is 6. The van der Waals surface area contributed by atoms with Crippen LogP contribution in [0.1, 0.15) is 0 Å². The quantitative estimate of drug-likeness (QED) is 0.0904. The van der Waals surface area contributed by atoms with Gasteiger partial charge in [0.25, 0.3) is 0 Å². The highest BCUT2D eigenvalue weighted by Gasteiger charge is 2.21. The summed E-state index contributed by atoms with van der Waals surface area (Å²) in [7, 11) is 0. The third kappa shape index (κ3) is 13.5. The van der Waals surface area contributed by atoms with Crippen molar-refractivity contribution in [3.8, 4) is 190 Å². The molecule has 0 aliphatic heterocycles. The van der Waals surface area contributed by atoms with E-state index >= 15 is 0 Å². The maximum Gasteiger partial charge on any atom is 0.0886 e. The lowest BCUT2D eigenvalue weighted by molar-refractivity contribution is 1.25. The highest BCUT2D eigenvalue weighted by Crippen LogP contribution is 2.46. The van der Waals surface area contributed by atoms with Gasteiger partial charge in [-0.05, 0) is 219 Å². The first-order chi connectivity index (χ1) is 53.5. The molecule has 0 aliphatic rings.